The Bertz CT molecular complexity index is 1530. The van der Waals surface area contributed by atoms with Gasteiger partial charge in [0.2, 0.25) is 6.54 Å². The summed E-state index contributed by atoms with van der Waals surface area (Å²) in [5.74, 6) is -0.835. The smallest absolute Gasteiger partial charge is 0.448 e. The number of hydrogen-bond acceptors (Lipinski definition) is 5. The molecule has 0 bridgehead atoms. The number of nitrogens with zero attached hydrogens (tertiary/aromatic N) is 2. The molecule has 1 unspecified atom stereocenters. The number of allylic oxidation sites excluding steroid dienone is 5. The van der Waals surface area contributed by atoms with Crippen LogP contribution in [0.15, 0.2) is 71.6 Å². The molecule has 1 atom stereocenters. The van der Waals surface area contributed by atoms with Crippen LogP contribution in [-0.2, 0) is 0 Å². The van der Waals surface area contributed by atoms with Crippen molar-refractivity contribution in [2.24, 2.45) is 0 Å². The van der Waals surface area contributed by atoms with E-state index in [0.717, 1.165) is 39.3 Å². The van der Waals surface area contributed by atoms with Gasteiger partial charge in [-0.25, -0.2) is 4.58 Å². The number of fused-ring (bicyclic) bond motifs is 2. The maximum absolute atomic E-state index is 13.3. The SMILES string of the molecule is C=C[Si]1(C)C2=CC(=[N+](C)CC(F)(F)F)C=CC2=C(c2c(OC)cc(C(=O)[O-])cc2OC)c2ccc(N(C)CC)cc21. The number of hydrogen-bond donors (Lipinski definition) is 0. The Morgan fingerprint density at radius 1 is 1.15 bits per heavy atom. The Morgan fingerprint density at radius 2 is 1.78 bits per heavy atom. The van der Waals surface area contributed by atoms with Gasteiger partial charge in [0.1, 0.15) is 26.6 Å². The Labute approximate surface area is 239 Å². The van der Waals surface area contributed by atoms with Gasteiger partial charge in [-0.3, -0.25) is 0 Å². The number of anilines is 1. The van der Waals surface area contributed by atoms with E-state index in [1.54, 1.807) is 6.08 Å². The van der Waals surface area contributed by atoms with Crippen LogP contribution in [0.3, 0.4) is 0 Å². The summed E-state index contributed by atoms with van der Waals surface area (Å²) >= 11 is 0. The van der Waals surface area contributed by atoms with Gasteiger partial charge in [-0.05, 0) is 58.8 Å². The zero-order valence-corrected chi connectivity index (χ0v) is 25.0. The van der Waals surface area contributed by atoms with Crippen molar-refractivity contribution in [2.75, 3.05) is 46.3 Å². The monoisotopic (exact) mass is 582 g/mol. The molecule has 216 valence electrons. The van der Waals surface area contributed by atoms with Crippen molar-refractivity contribution in [1.29, 1.82) is 0 Å². The molecule has 0 fully saturated rings. The van der Waals surface area contributed by atoms with E-state index in [4.69, 9.17) is 9.47 Å². The molecule has 0 amide bonds. The molecule has 41 heavy (non-hydrogen) atoms. The minimum Gasteiger partial charge on any atom is -0.545 e. The standard InChI is InChI=1S/C31H33F3N2O4Si/c1-8-35(3)20-10-12-22-26(16-20)41(7,9-2)27-17-21(36(4)18-31(32,33)34)11-13-23(27)28(22)29-24(39-5)14-19(30(37)38)15-25(29)40-6/h9-17H,2,8,18H2,1,3-7H3. The maximum atomic E-state index is 13.3. The van der Waals surface area contributed by atoms with Crippen LogP contribution in [0.4, 0.5) is 18.9 Å². The quantitative estimate of drug-likeness (QED) is 0.348. The molecule has 1 heterocycles. The molecule has 1 aliphatic carbocycles. The third-order valence-corrected chi connectivity index (χ3v) is 11.7. The second-order valence-corrected chi connectivity index (χ2v) is 14.2. The van der Waals surface area contributed by atoms with Crippen LogP contribution >= 0.6 is 0 Å². The molecule has 4 rings (SSSR count). The van der Waals surface area contributed by atoms with E-state index in [-0.39, 0.29) is 17.1 Å². The highest BCUT2D eigenvalue weighted by atomic mass is 28.3. The van der Waals surface area contributed by atoms with Crippen molar-refractivity contribution < 1.29 is 37.1 Å². The van der Waals surface area contributed by atoms with E-state index >= 15 is 0 Å². The van der Waals surface area contributed by atoms with Gasteiger partial charge in [0.05, 0.1) is 25.8 Å². The first-order valence-electron chi connectivity index (χ1n) is 13.1. The second-order valence-electron chi connectivity index (χ2n) is 10.3. The number of carboxylic acids is 1. The molecule has 0 saturated carbocycles. The third-order valence-electron chi connectivity index (χ3n) is 7.84. The Kier molecular flexibility index (Phi) is 8.09. The summed E-state index contributed by atoms with van der Waals surface area (Å²) in [7, 11) is 3.58. The predicted octanol–water partition coefficient (Wildman–Crippen LogP) is 4.03. The van der Waals surface area contributed by atoms with Crippen LogP contribution in [0.5, 0.6) is 11.5 Å². The van der Waals surface area contributed by atoms with Crippen molar-refractivity contribution in [2.45, 2.75) is 19.6 Å². The molecular weight excluding hydrogens is 549 g/mol. The Hall–Kier alpha value is -4.05. The highest BCUT2D eigenvalue weighted by Crippen LogP contribution is 2.47. The second kappa shape index (κ2) is 11.1. The number of methoxy groups -OCH3 is 2. The fraction of sp³-hybridized carbons (Fsp3) is 0.290. The number of halogens is 3. The highest BCUT2D eigenvalue weighted by molar-refractivity contribution is 7.02. The largest absolute Gasteiger partial charge is 0.545 e. The van der Waals surface area contributed by atoms with E-state index in [9.17, 15) is 23.1 Å². The minimum absolute atomic E-state index is 0.103. The molecule has 1 aliphatic heterocycles. The van der Waals surface area contributed by atoms with Crippen molar-refractivity contribution in [3.05, 3.63) is 88.3 Å². The third kappa shape index (κ3) is 5.36. The number of carbonyl (C=O) groups excluding carboxylic acids is 1. The van der Waals surface area contributed by atoms with Crippen molar-refractivity contribution in [1.82, 2.24) is 0 Å². The summed E-state index contributed by atoms with van der Waals surface area (Å²) in [4.78, 5) is 13.9. The van der Waals surface area contributed by atoms with Gasteiger partial charge in [0.25, 0.3) is 0 Å². The van der Waals surface area contributed by atoms with Gasteiger partial charge in [0.15, 0.2) is 5.71 Å². The van der Waals surface area contributed by atoms with E-state index in [0.29, 0.717) is 11.3 Å². The number of carbonyl (C=O) groups is 1. The molecule has 2 aliphatic rings. The van der Waals surface area contributed by atoms with Gasteiger partial charge >= 0.3 is 6.18 Å². The molecule has 0 aromatic heterocycles. The van der Waals surface area contributed by atoms with Crippen LogP contribution in [0.1, 0.15) is 28.4 Å². The summed E-state index contributed by atoms with van der Waals surface area (Å²) in [6.07, 6.45) is 0.945. The highest BCUT2D eigenvalue weighted by Gasteiger charge is 2.43. The molecule has 0 spiro atoms. The Balaban J connectivity index is 2.15. The number of aromatic carboxylic acids is 1. The Morgan fingerprint density at radius 3 is 2.29 bits per heavy atom. The van der Waals surface area contributed by atoms with E-state index in [1.165, 1.54) is 38.0 Å². The van der Waals surface area contributed by atoms with E-state index < -0.39 is 26.8 Å². The van der Waals surface area contributed by atoms with Crippen LogP contribution in [0.2, 0.25) is 6.55 Å². The fourth-order valence-electron chi connectivity index (χ4n) is 5.43. The molecule has 0 radical (unpaired) electrons. The summed E-state index contributed by atoms with van der Waals surface area (Å²) in [5, 5.41) is 13.7. The summed E-state index contributed by atoms with van der Waals surface area (Å²) in [6.45, 7) is 8.06. The molecule has 2 aromatic carbocycles. The molecule has 10 heteroatoms. The number of ether oxygens (including phenoxy) is 2. The van der Waals surface area contributed by atoms with Crippen molar-refractivity contribution in [3.63, 3.8) is 0 Å². The predicted molar refractivity (Wildman–Crippen MR) is 156 cm³/mol. The molecule has 0 N–H and O–H groups in total. The van der Waals surface area contributed by atoms with Crippen molar-refractivity contribution in [3.8, 4) is 11.5 Å². The first-order chi connectivity index (χ1) is 19.3. The summed E-state index contributed by atoms with van der Waals surface area (Å²) < 4.78 is 52.5. The average Bonchev–Trinajstić information content (AvgIpc) is 2.95. The first kappa shape index (κ1) is 29.9. The minimum atomic E-state index is -4.37. The lowest BCUT2D eigenvalue weighted by Crippen LogP contribution is -2.51. The van der Waals surface area contributed by atoms with Crippen LogP contribution in [-0.4, -0.2) is 71.9 Å². The van der Waals surface area contributed by atoms with Gasteiger partial charge in [-0.2, -0.15) is 13.2 Å². The van der Waals surface area contributed by atoms with Crippen LogP contribution < -0.4 is 24.7 Å². The van der Waals surface area contributed by atoms with E-state index in [1.807, 2.05) is 44.0 Å². The van der Waals surface area contributed by atoms with E-state index in [2.05, 4.69) is 24.1 Å². The number of benzene rings is 2. The molecule has 6 nitrogen and oxygen atoms in total. The number of rotatable bonds is 8. The van der Waals surface area contributed by atoms with Crippen LogP contribution in [0, 0.1) is 0 Å². The summed E-state index contributed by atoms with van der Waals surface area (Å²) in [6, 6.07) is 8.95. The lowest BCUT2D eigenvalue weighted by atomic mass is 9.88. The number of alkyl halides is 3. The first-order valence-corrected chi connectivity index (χ1v) is 15.6. The average molecular weight is 583 g/mol. The molecule has 2 aromatic rings. The number of carboxylic acid groups (broad SMARTS) is 1. The normalized spacial score (nSPS) is 19.2. The lowest BCUT2D eigenvalue weighted by Gasteiger charge is -2.39. The molecular formula is C31H33F3N2O4Si. The van der Waals surface area contributed by atoms with Crippen molar-refractivity contribution >= 4 is 36.2 Å². The van der Waals surface area contributed by atoms with Gasteiger partial charge in [-0.1, -0.05) is 18.3 Å². The van der Waals surface area contributed by atoms with Gasteiger partial charge < -0.3 is 24.3 Å². The van der Waals surface area contributed by atoms with Gasteiger partial charge in [0, 0.05) is 42.6 Å². The maximum Gasteiger partial charge on any atom is 0.448 e. The van der Waals surface area contributed by atoms with Crippen LogP contribution in [0.25, 0.3) is 5.57 Å². The fourth-order valence-corrected chi connectivity index (χ4v) is 8.59. The van der Waals surface area contributed by atoms with Gasteiger partial charge in [-0.15, -0.1) is 6.58 Å². The topological polar surface area (TPSA) is 64.8 Å². The zero-order valence-electron chi connectivity index (χ0n) is 24.0. The molecule has 0 saturated heterocycles. The zero-order chi connectivity index (χ0) is 30.3. The lowest BCUT2D eigenvalue weighted by molar-refractivity contribution is -0.530. The summed E-state index contributed by atoms with van der Waals surface area (Å²) in [5.41, 5.74) is 6.22.